The molecule has 1 aromatic heterocycles. The van der Waals surface area contributed by atoms with Crippen LogP contribution in [0.2, 0.25) is 5.02 Å². The number of ether oxygens (including phenoxy) is 1. The van der Waals surface area contributed by atoms with Crippen LogP contribution in [-0.4, -0.2) is 23.4 Å². The highest BCUT2D eigenvalue weighted by molar-refractivity contribution is 7.15. The molecule has 0 saturated heterocycles. The molecule has 1 amide bonds. The molecule has 0 bridgehead atoms. The lowest BCUT2D eigenvalue weighted by Gasteiger charge is -2.09. The van der Waals surface area contributed by atoms with Crippen LogP contribution >= 0.6 is 22.9 Å². The molecule has 3 rings (SSSR count). The largest absolute Gasteiger partial charge is 0.462 e. The molecule has 0 atom stereocenters. The summed E-state index contributed by atoms with van der Waals surface area (Å²) >= 11 is 6.96. The van der Waals surface area contributed by atoms with Crippen molar-refractivity contribution in [1.29, 1.82) is 0 Å². The number of nitro groups is 1. The average Bonchev–Trinajstić information content (AvgIpc) is 3.11. The summed E-state index contributed by atoms with van der Waals surface area (Å²) in [6, 6.07) is 9.12. The molecule has 0 fully saturated rings. The predicted molar refractivity (Wildman–Crippen MR) is 112 cm³/mol. The molecule has 3 aromatic rings. The number of nitro benzene ring substituents is 1. The number of anilines is 1. The van der Waals surface area contributed by atoms with Gasteiger partial charge in [-0.3, -0.25) is 14.9 Å². The molecule has 10 heteroatoms. The monoisotopic (exact) mass is 448 g/mol. The molecular weight excluding hydrogens is 435 g/mol. The highest BCUT2D eigenvalue weighted by Crippen LogP contribution is 2.37. The van der Waals surface area contributed by atoms with Gasteiger partial charge in [0.05, 0.1) is 11.5 Å². The number of amides is 1. The van der Waals surface area contributed by atoms with Crippen LogP contribution < -0.4 is 5.32 Å². The number of nitrogens with zero attached hydrogens (tertiary/aromatic N) is 1. The van der Waals surface area contributed by atoms with Gasteiger partial charge in [-0.05, 0) is 36.8 Å². The lowest BCUT2D eigenvalue weighted by molar-refractivity contribution is -0.384. The van der Waals surface area contributed by atoms with Crippen molar-refractivity contribution in [1.82, 2.24) is 0 Å². The Morgan fingerprint density at radius 2 is 1.93 bits per heavy atom. The van der Waals surface area contributed by atoms with E-state index < -0.39 is 22.6 Å². The van der Waals surface area contributed by atoms with Crippen LogP contribution in [0.15, 0.2) is 47.8 Å². The third-order valence-electron chi connectivity index (χ3n) is 4.06. The van der Waals surface area contributed by atoms with Gasteiger partial charge in [0.25, 0.3) is 11.6 Å². The molecule has 7 nitrogen and oxygen atoms in total. The summed E-state index contributed by atoms with van der Waals surface area (Å²) in [5, 5.41) is 15.2. The predicted octanol–water partition coefficient (Wildman–Crippen LogP) is 5.54. The Morgan fingerprint density at radius 3 is 2.53 bits per heavy atom. The molecule has 0 aliphatic rings. The summed E-state index contributed by atoms with van der Waals surface area (Å²) in [5.74, 6) is -1.67. The van der Waals surface area contributed by atoms with E-state index in [1.54, 1.807) is 12.3 Å². The first-order valence-electron chi connectivity index (χ1n) is 8.61. The molecule has 0 unspecified atom stereocenters. The fourth-order valence-corrected chi connectivity index (χ4v) is 3.87. The minimum Gasteiger partial charge on any atom is -0.462 e. The second-order valence-corrected chi connectivity index (χ2v) is 7.25. The van der Waals surface area contributed by atoms with E-state index in [2.05, 4.69) is 5.32 Å². The van der Waals surface area contributed by atoms with Gasteiger partial charge >= 0.3 is 5.97 Å². The number of carbonyl (C=O) groups is 2. The number of carbonyl (C=O) groups excluding carboxylic acids is 2. The first-order chi connectivity index (χ1) is 14.3. The Kier molecular flexibility index (Phi) is 6.43. The zero-order chi connectivity index (χ0) is 21.8. The number of esters is 1. The molecule has 0 aliphatic carbocycles. The molecule has 1 N–H and O–H groups in total. The van der Waals surface area contributed by atoms with Crippen molar-refractivity contribution in [3.63, 3.8) is 0 Å². The zero-order valence-corrected chi connectivity index (χ0v) is 17.1. The van der Waals surface area contributed by atoms with Gasteiger partial charge in [0.15, 0.2) is 0 Å². The smallest absolute Gasteiger partial charge is 0.341 e. The lowest BCUT2D eigenvalue weighted by atomic mass is 10.0. The highest BCUT2D eigenvalue weighted by Gasteiger charge is 2.24. The van der Waals surface area contributed by atoms with Gasteiger partial charge in [-0.2, -0.15) is 0 Å². The van der Waals surface area contributed by atoms with Gasteiger partial charge in [0, 0.05) is 22.6 Å². The number of thiophene rings is 1. The lowest BCUT2D eigenvalue weighted by Crippen LogP contribution is -2.15. The van der Waals surface area contributed by atoms with E-state index in [9.17, 15) is 24.1 Å². The number of benzene rings is 2. The Hall–Kier alpha value is -3.30. The first kappa shape index (κ1) is 21.4. The van der Waals surface area contributed by atoms with Crippen molar-refractivity contribution in [2.24, 2.45) is 0 Å². The highest BCUT2D eigenvalue weighted by atomic mass is 35.5. The van der Waals surface area contributed by atoms with E-state index >= 15 is 0 Å². The Morgan fingerprint density at radius 1 is 1.23 bits per heavy atom. The van der Waals surface area contributed by atoms with Crippen LogP contribution in [0.3, 0.4) is 0 Å². The fraction of sp³-hybridized carbons (Fsp3) is 0.100. The van der Waals surface area contributed by atoms with Crippen LogP contribution in [-0.2, 0) is 4.74 Å². The van der Waals surface area contributed by atoms with E-state index in [1.807, 2.05) is 0 Å². The second kappa shape index (κ2) is 9.02. The summed E-state index contributed by atoms with van der Waals surface area (Å²) in [4.78, 5) is 35.4. The van der Waals surface area contributed by atoms with Crippen molar-refractivity contribution in [3.8, 4) is 11.1 Å². The van der Waals surface area contributed by atoms with Crippen molar-refractivity contribution in [3.05, 3.63) is 79.9 Å². The van der Waals surface area contributed by atoms with Gasteiger partial charge < -0.3 is 10.1 Å². The van der Waals surface area contributed by atoms with E-state index in [0.29, 0.717) is 11.1 Å². The normalized spacial score (nSPS) is 10.5. The third kappa shape index (κ3) is 4.47. The summed E-state index contributed by atoms with van der Waals surface area (Å²) in [7, 11) is 0. The van der Waals surface area contributed by atoms with E-state index in [-0.39, 0.29) is 33.4 Å². The summed E-state index contributed by atoms with van der Waals surface area (Å²) in [6.07, 6.45) is 0. The zero-order valence-electron chi connectivity index (χ0n) is 15.5. The summed E-state index contributed by atoms with van der Waals surface area (Å²) in [6.45, 7) is 1.78. The van der Waals surface area contributed by atoms with Crippen LogP contribution in [0.4, 0.5) is 15.1 Å². The maximum Gasteiger partial charge on any atom is 0.341 e. The van der Waals surface area contributed by atoms with Gasteiger partial charge in [-0.25, -0.2) is 9.18 Å². The number of hydrogen-bond acceptors (Lipinski definition) is 6. The van der Waals surface area contributed by atoms with Crippen LogP contribution in [0.25, 0.3) is 11.1 Å². The Bertz CT molecular complexity index is 1130. The molecular formula is C20H14ClFN2O5S. The quantitative estimate of drug-likeness (QED) is 0.303. The minimum absolute atomic E-state index is 0.0807. The first-order valence-corrected chi connectivity index (χ1v) is 9.87. The fourth-order valence-electron chi connectivity index (χ4n) is 2.67. The molecule has 1 heterocycles. The molecule has 30 heavy (non-hydrogen) atoms. The molecule has 154 valence electrons. The van der Waals surface area contributed by atoms with E-state index in [4.69, 9.17) is 16.3 Å². The number of nitrogens with one attached hydrogen (secondary N) is 1. The maximum absolute atomic E-state index is 13.3. The van der Waals surface area contributed by atoms with Crippen molar-refractivity contribution >= 4 is 45.5 Å². The minimum atomic E-state index is -0.656. The van der Waals surface area contributed by atoms with Crippen LogP contribution in [0.5, 0.6) is 0 Å². The van der Waals surface area contributed by atoms with Crippen LogP contribution in [0.1, 0.15) is 27.6 Å². The van der Waals surface area contributed by atoms with E-state index in [0.717, 1.165) is 17.4 Å². The van der Waals surface area contributed by atoms with Crippen molar-refractivity contribution < 1.29 is 23.6 Å². The number of halogens is 2. The maximum atomic E-state index is 13.3. The molecule has 2 aromatic carbocycles. The third-order valence-corrected chi connectivity index (χ3v) is 5.26. The van der Waals surface area contributed by atoms with Gasteiger partial charge in [-0.15, -0.1) is 11.3 Å². The molecule has 0 radical (unpaired) electrons. The molecule has 0 saturated carbocycles. The summed E-state index contributed by atoms with van der Waals surface area (Å²) < 4.78 is 18.4. The van der Waals surface area contributed by atoms with Crippen LogP contribution in [0, 0.1) is 15.9 Å². The molecule has 0 spiro atoms. The Labute approximate surface area is 179 Å². The van der Waals surface area contributed by atoms with Gasteiger partial charge in [0.2, 0.25) is 0 Å². The SMILES string of the molecule is CCOC(=O)c1c(-c2ccc(F)cc2)csc1NC(=O)c1ccc([N+](=O)[O-])c(Cl)c1. The number of rotatable bonds is 6. The van der Waals surface area contributed by atoms with Gasteiger partial charge in [0.1, 0.15) is 21.4 Å². The standard InChI is InChI=1S/C20H14ClFN2O5S/c1-2-29-20(26)17-14(11-3-6-13(22)7-4-11)10-30-19(17)23-18(25)12-5-8-16(24(27)28)15(21)9-12/h3-10H,2H2,1H3,(H,23,25). The summed E-state index contributed by atoms with van der Waals surface area (Å²) in [5.41, 5.74) is 0.951. The number of hydrogen-bond donors (Lipinski definition) is 1. The van der Waals surface area contributed by atoms with Crippen molar-refractivity contribution in [2.45, 2.75) is 6.92 Å². The second-order valence-electron chi connectivity index (χ2n) is 5.96. The topological polar surface area (TPSA) is 98.5 Å². The van der Waals surface area contributed by atoms with E-state index in [1.165, 1.54) is 36.4 Å². The average molecular weight is 449 g/mol. The molecule has 0 aliphatic heterocycles. The van der Waals surface area contributed by atoms with Crippen molar-refractivity contribution in [2.75, 3.05) is 11.9 Å². The van der Waals surface area contributed by atoms with Gasteiger partial charge in [-0.1, -0.05) is 23.7 Å². The Balaban J connectivity index is 1.96.